The van der Waals surface area contributed by atoms with Crippen molar-refractivity contribution in [3.05, 3.63) is 129 Å². The monoisotopic (exact) mass is 574 g/mol. The highest BCUT2D eigenvalue weighted by molar-refractivity contribution is 5.48. The van der Waals surface area contributed by atoms with Crippen molar-refractivity contribution in [3.63, 3.8) is 0 Å². The van der Waals surface area contributed by atoms with E-state index in [2.05, 4.69) is 100 Å². The van der Waals surface area contributed by atoms with E-state index in [4.69, 9.17) is 11.5 Å². The lowest BCUT2D eigenvalue weighted by atomic mass is 9.72. The molecule has 4 rings (SSSR count). The Morgan fingerprint density at radius 3 is 1.30 bits per heavy atom. The summed E-state index contributed by atoms with van der Waals surface area (Å²) in [7, 11) is 0. The number of rotatable bonds is 16. The van der Waals surface area contributed by atoms with E-state index >= 15 is 0 Å². The second-order valence-electron chi connectivity index (χ2n) is 13.0. The van der Waals surface area contributed by atoms with Gasteiger partial charge in [-0.15, -0.1) is 0 Å². The average molecular weight is 575 g/mol. The van der Waals surface area contributed by atoms with Crippen LogP contribution < -0.4 is 11.5 Å². The zero-order chi connectivity index (χ0) is 30.7. The van der Waals surface area contributed by atoms with E-state index in [0.717, 1.165) is 30.6 Å². The van der Waals surface area contributed by atoms with Crippen molar-refractivity contribution >= 4 is 11.4 Å². The van der Waals surface area contributed by atoms with Gasteiger partial charge in [-0.05, 0) is 102 Å². The molecule has 0 radical (unpaired) electrons. The van der Waals surface area contributed by atoms with Gasteiger partial charge in [0.15, 0.2) is 0 Å². The molecular formula is C41H54N2. The third-order valence-electron chi connectivity index (χ3n) is 9.48. The van der Waals surface area contributed by atoms with Crippen molar-refractivity contribution in [1.29, 1.82) is 0 Å². The first-order valence-corrected chi connectivity index (χ1v) is 16.7. The van der Waals surface area contributed by atoms with Gasteiger partial charge in [0.25, 0.3) is 0 Å². The Balaban J connectivity index is 1.48. The van der Waals surface area contributed by atoms with Crippen molar-refractivity contribution in [1.82, 2.24) is 0 Å². The summed E-state index contributed by atoms with van der Waals surface area (Å²) in [5, 5.41) is 0. The van der Waals surface area contributed by atoms with E-state index in [1.165, 1.54) is 102 Å². The first-order valence-electron chi connectivity index (χ1n) is 16.7. The number of unbranched alkanes of at least 4 members (excludes halogenated alkanes) is 8. The summed E-state index contributed by atoms with van der Waals surface area (Å²) in [6, 6.07) is 31.3. The number of nitrogens with two attached hydrogens (primary N) is 2. The van der Waals surface area contributed by atoms with Crippen LogP contribution in [0.15, 0.2) is 84.9 Å². The highest BCUT2D eigenvalue weighted by atomic mass is 14.5. The maximum Gasteiger partial charge on any atom is 0.0316 e. The van der Waals surface area contributed by atoms with Gasteiger partial charge >= 0.3 is 0 Å². The van der Waals surface area contributed by atoms with Crippen LogP contribution in [0.3, 0.4) is 0 Å². The van der Waals surface area contributed by atoms with Gasteiger partial charge in [-0.1, -0.05) is 132 Å². The van der Waals surface area contributed by atoms with E-state index in [-0.39, 0.29) is 5.41 Å². The topological polar surface area (TPSA) is 52.0 Å². The Bertz CT molecular complexity index is 1320. The second-order valence-corrected chi connectivity index (χ2v) is 13.0. The highest BCUT2D eigenvalue weighted by Gasteiger charge is 2.28. The van der Waals surface area contributed by atoms with E-state index < -0.39 is 0 Å². The van der Waals surface area contributed by atoms with Gasteiger partial charge in [-0.3, -0.25) is 0 Å². The van der Waals surface area contributed by atoms with E-state index in [9.17, 15) is 0 Å². The maximum atomic E-state index is 5.99. The van der Waals surface area contributed by atoms with Crippen LogP contribution in [0.1, 0.15) is 123 Å². The average Bonchev–Trinajstić information content (AvgIpc) is 3.00. The molecule has 0 aliphatic heterocycles. The molecule has 0 aromatic heterocycles. The third-order valence-corrected chi connectivity index (χ3v) is 9.48. The predicted molar refractivity (Wildman–Crippen MR) is 188 cm³/mol. The molecule has 0 saturated carbocycles. The fourth-order valence-electron chi connectivity index (χ4n) is 6.50. The minimum absolute atomic E-state index is 0.0214. The SMILES string of the molecule is CCCCCCCCCCCC(C)(c1ccc(Cc2ccc(N)cc2C)cc1)c1ccc(Cc2ccc(N)cc2C)cc1. The van der Waals surface area contributed by atoms with Gasteiger partial charge in [0.05, 0.1) is 0 Å². The van der Waals surface area contributed by atoms with Crippen LogP contribution in [-0.4, -0.2) is 0 Å². The lowest BCUT2D eigenvalue weighted by Gasteiger charge is -2.32. The normalized spacial score (nSPS) is 11.6. The molecule has 0 aliphatic carbocycles. The van der Waals surface area contributed by atoms with Crippen molar-refractivity contribution in [2.75, 3.05) is 11.5 Å². The van der Waals surface area contributed by atoms with E-state index in [0.29, 0.717) is 0 Å². The summed E-state index contributed by atoms with van der Waals surface area (Å²) in [5.41, 5.74) is 24.3. The van der Waals surface area contributed by atoms with Crippen LogP contribution >= 0.6 is 0 Å². The molecule has 228 valence electrons. The van der Waals surface area contributed by atoms with Gasteiger partial charge in [0, 0.05) is 16.8 Å². The quantitative estimate of drug-likeness (QED) is 0.103. The zero-order valence-corrected chi connectivity index (χ0v) is 27.2. The number of nitrogen functional groups attached to an aromatic ring is 2. The standard InChI is InChI=1S/C41H54N2/c1-5-6-7-8-9-10-11-12-13-26-41(4,37-20-14-33(15-21-37)29-35-18-24-39(42)27-31(35)2)38-22-16-34(17-23-38)30-36-19-25-40(43)28-32(36)3/h14-25,27-28H,5-13,26,29-30,42-43H2,1-4H3. The molecule has 0 bridgehead atoms. The number of aryl methyl sites for hydroxylation is 2. The van der Waals surface area contributed by atoms with Gasteiger partial charge in [-0.25, -0.2) is 0 Å². The Kier molecular flexibility index (Phi) is 11.9. The Hall–Kier alpha value is -3.52. The molecule has 2 heteroatoms. The Morgan fingerprint density at radius 1 is 0.512 bits per heavy atom. The summed E-state index contributed by atoms with van der Waals surface area (Å²) in [4.78, 5) is 0. The molecule has 43 heavy (non-hydrogen) atoms. The smallest absolute Gasteiger partial charge is 0.0316 e. The Morgan fingerprint density at radius 2 is 0.907 bits per heavy atom. The van der Waals surface area contributed by atoms with Crippen molar-refractivity contribution in [2.45, 2.75) is 110 Å². The largest absolute Gasteiger partial charge is 0.399 e. The molecule has 0 fully saturated rings. The fourth-order valence-corrected chi connectivity index (χ4v) is 6.50. The molecule has 0 unspecified atom stereocenters. The molecular weight excluding hydrogens is 520 g/mol. The number of hydrogen-bond donors (Lipinski definition) is 2. The summed E-state index contributed by atoms with van der Waals surface area (Å²) in [6.45, 7) is 9.05. The number of benzene rings is 4. The summed E-state index contributed by atoms with van der Waals surface area (Å²) in [6.07, 6.45) is 15.2. The van der Waals surface area contributed by atoms with Crippen LogP contribution in [0, 0.1) is 13.8 Å². The van der Waals surface area contributed by atoms with Crippen molar-refractivity contribution in [2.24, 2.45) is 0 Å². The van der Waals surface area contributed by atoms with Gasteiger partial charge in [-0.2, -0.15) is 0 Å². The highest BCUT2D eigenvalue weighted by Crippen LogP contribution is 2.38. The zero-order valence-electron chi connectivity index (χ0n) is 27.2. The third kappa shape index (κ3) is 9.23. The molecule has 0 amide bonds. The molecule has 0 atom stereocenters. The van der Waals surface area contributed by atoms with Gasteiger partial charge in [0.1, 0.15) is 0 Å². The first kappa shape index (κ1) is 32.4. The van der Waals surface area contributed by atoms with Crippen molar-refractivity contribution in [3.8, 4) is 0 Å². The minimum Gasteiger partial charge on any atom is -0.399 e. The fraction of sp³-hybridized carbons (Fsp3) is 0.415. The summed E-state index contributed by atoms with van der Waals surface area (Å²) < 4.78 is 0. The Labute approximate surface area is 261 Å². The first-order chi connectivity index (χ1) is 20.8. The molecule has 4 N–H and O–H groups in total. The van der Waals surface area contributed by atoms with Crippen molar-refractivity contribution < 1.29 is 0 Å². The maximum absolute atomic E-state index is 5.99. The van der Waals surface area contributed by atoms with Gasteiger partial charge < -0.3 is 11.5 Å². The molecule has 0 spiro atoms. The minimum atomic E-state index is -0.0214. The predicted octanol–water partition coefficient (Wildman–Crippen LogP) is 10.9. The van der Waals surface area contributed by atoms with E-state index in [1.807, 2.05) is 12.1 Å². The lowest BCUT2D eigenvalue weighted by Crippen LogP contribution is -2.24. The lowest BCUT2D eigenvalue weighted by molar-refractivity contribution is 0.469. The second kappa shape index (κ2) is 15.8. The van der Waals surface area contributed by atoms with E-state index in [1.54, 1.807) is 0 Å². The number of hydrogen-bond acceptors (Lipinski definition) is 2. The van der Waals surface area contributed by atoms with Crippen LogP contribution in [0.4, 0.5) is 11.4 Å². The molecule has 0 heterocycles. The van der Waals surface area contributed by atoms with Gasteiger partial charge in [0.2, 0.25) is 0 Å². The van der Waals surface area contributed by atoms with Crippen LogP contribution in [0.25, 0.3) is 0 Å². The van der Waals surface area contributed by atoms with Crippen LogP contribution in [-0.2, 0) is 18.3 Å². The number of anilines is 2. The summed E-state index contributed by atoms with van der Waals surface area (Å²) >= 11 is 0. The molecule has 0 aliphatic rings. The van der Waals surface area contributed by atoms with Crippen LogP contribution in [0.5, 0.6) is 0 Å². The summed E-state index contributed by atoms with van der Waals surface area (Å²) in [5.74, 6) is 0. The van der Waals surface area contributed by atoms with Crippen LogP contribution in [0.2, 0.25) is 0 Å². The molecule has 2 nitrogen and oxygen atoms in total. The molecule has 4 aromatic carbocycles. The molecule has 4 aromatic rings. The molecule has 0 saturated heterocycles.